The molecule has 2 N–H and O–H groups in total. The van der Waals surface area contributed by atoms with Crippen LogP contribution in [0.25, 0.3) is 0 Å². The Kier molecular flexibility index (Phi) is 2.49. The van der Waals surface area contributed by atoms with Crippen molar-refractivity contribution in [3.8, 4) is 0 Å². The van der Waals surface area contributed by atoms with Crippen LogP contribution in [0.4, 0.5) is 0 Å². The predicted molar refractivity (Wildman–Crippen MR) is 54.8 cm³/mol. The van der Waals surface area contributed by atoms with Crippen LogP contribution in [-0.4, -0.2) is 54.0 Å². The van der Waals surface area contributed by atoms with Gasteiger partial charge >= 0.3 is 0 Å². The van der Waals surface area contributed by atoms with E-state index in [1.165, 1.54) is 12.8 Å². The van der Waals surface area contributed by atoms with Gasteiger partial charge in [0.15, 0.2) is 0 Å². The van der Waals surface area contributed by atoms with Gasteiger partial charge in [0.25, 0.3) is 0 Å². The third-order valence-corrected chi connectivity index (χ3v) is 3.41. The molecule has 0 spiro atoms. The van der Waals surface area contributed by atoms with Crippen molar-refractivity contribution in [2.45, 2.75) is 37.9 Å². The molecular weight excluding hydrogens is 178 g/mol. The minimum absolute atomic E-state index is 0.0660. The minimum Gasteiger partial charge on any atom is -0.340 e. The highest BCUT2D eigenvalue weighted by molar-refractivity contribution is 5.83. The second-order valence-corrected chi connectivity index (χ2v) is 4.48. The van der Waals surface area contributed by atoms with E-state index in [9.17, 15) is 4.79 Å². The number of rotatable bonds is 2. The first-order valence-corrected chi connectivity index (χ1v) is 5.37. The van der Waals surface area contributed by atoms with Gasteiger partial charge in [-0.1, -0.05) is 0 Å². The van der Waals surface area contributed by atoms with E-state index in [1.807, 2.05) is 11.9 Å². The number of hydrogen-bond donors (Lipinski definition) is 1. The molecule has 1 amide bonds. The molecule has 2 fully saturated rings. The van der Waals surface area contributed by atoms with E-state index in [1.54, 1.807) is 0 Å². The minimum atomic E-state index is -0.0660. The molecule has 0 aromatic rings. The number of carbonyl (C=O) groups is 1. The fourth-order valence-electron chi connectivity index (χ4n) is 2.19. The Morgan fingerprint density at radius 2 is 2.14 bits per heavy atom. The van der Waals surface area contributed by atoms with Gasteiger partial charge in [0, 0.05) is 32.2 Å². The van der Waals surface area contributed by atoms with Crippen LogP contribution in [0.1, 0.15) is 19.8 Å². The molecule has 4 heteroatoms. The lowest BCUT2D eigenvalue weighted by Crippen LogP contribution is -2.62. The number of nitrogens with zero attached hydrogens (tertiary/aromatic N) is 2. The number of amides is 1. The maximum absolute atomic E-state index is 11.9. The molecule has 4 nitrogen and oxygen atoms in total. The van der Waals surface area contributed by atoms with Crippen molar-refractivity contribution >= 4 is 5.91 Å². The van der Waals surface area contributed by atoms with E-state index in [2.05, 4.69) is 11.8 Å². The quantitative estimate of drug-likeness (QED) is 0.657. The Labute approximate surface area is 85.0 Å². The largest absolute Gasteiger partial charge is 0.340 e. The topological polar surface area (TPSA) is 49.6 Å². The van der Waals surface area contributed by atoms with Gasteiger partial charge in [-0.3, -0.25) is 9.69 Å². The lowest BCUT2D eigenvalue weighted by Gasteiger charge is -2.42. The third-order valence-electron chi connectivity index (χ3n) is 3.41. The van der Waals surface area contributed by atoms with Crippen LogP contribution >= 0.6 is 0 Å². The first-order valence-electron chi connectivity index (χ1n) is 5.37. The van der Waals surface area contributed by atoms with Gasteiger partial charge in [0.1, 0.15) is 6.04 Å². The van der Waals surface area contributed by atoms with Crippen molar-refractivity contribution in [1.82, 2.24) is 9.80 Å². The van der Waals surface area contributed by atoms with Gasteiger partial charge in [0.05, 0.1) is 0 Å². The summed E-state index contributed by atoms with van der Waals surface area (Å²) in [6, 6.07) is 0.887. The first kappa shape index (κ1) is 9.93. The standard InChI is InChI=1S/C10H19N3O/c1-7-6-13(8-3-4-8)9(5-11)10(14)12(7)2/h7-9H,3-6,11H2,1-2H3. The van der Waals surface area contributed by atoms with Crippen LogP contribution in [0.15, 0.2) is 0 Å². The van der Waals surface area contributed by atoms with Gasteiger partial charge in [0.2, 0.25) is 5.91 Å². The molecule has 1 saturated carbocycles. The average Bonchev–Trinajstić information content (AvgIpc) is 2.97. The number of nitrogens with two attached hydrogens (primary N) is 1. The van der Waals surface area contributed by atoms with Gasteiger partial charge in [-0.15, -0.1) is 0 Å². The van der Waals surface area contributed by atoms with Gasteiger partial charge in [-0.25, -0.2) is 0 Å². The maximum atomic E-state index is 11.9. The Hall–Kier alpha value is -0.610. The molecule has 1 saturated heterocycles. The summed E-state index contributed by atoms with van der Waals surface area (Å²) in [6.45, 7) is 3.53. The Bertz CT molecular complexity index is 240. The summed E-state index contributed by atoms with van der Waals surface area (Å²) in [5, 5.41) is 0. The lowest BCUT2D eigenvalue weighted by molar-refractivity contribution is -0.143. The van der Waals surface area contributed by atoms with Crippen LogP contribution in [0.5, 0.6) is 0 Å². The highest BCUT2D eigenvalue weighted by atomic mass is 16.2. The fraction of sp³-hybridized carbons (Fsp3) is 0.900. The number of hydrogen-bond acceptors (Lipinski definition) is 3. The Morgan fingerprint density at radius 3 is 2.64 bits per heavy atom. The molecule has 1 heterocycles. The molecule has 0 aromatic carbocycles. The van der Waals surface area contributed by atoms with Crippen molar-refractivity contribution in [2.75, 3.05) is 20.1 Å². The van der Waals surface area contributed by atoms with Crippen LogP contribution in [0.2, 0.25) is 0 Å². The zero-order valence-electron chi connectivity index (χ0n) is 8.94. The number of carbonyl (C=O) groups excluding carboxylic acids is 1. The highest BCUT2D eigenvalue weighted by Gasteiger charge is 2.42. The van der Waals surface area contributed by atoms with Gasteiger partial charge in [-0.2, -0.15) is 0 Å². The Morgan fingerprint density at radius 1 is 1.50 bits per heavy atom. The van der Waals surface area contributed by atoms with Crippen LogP contribution in [0.3, 0.4) is 0 Å². The molecule has 2 rings (SSSR count). The smallest absolute Gasteiger partial charge is 0.241 e. The van der Waals surface area contributed by atoms with Crippen molar-refractivity contribution in [3.63, 3.8) is 0 Å². The summed E-state index contributed by atoms with van der Waals surface area (Å²) in [6.07, 6.45) is 2.47. The van der Waals surface area contributed by atoms with Gasteiger partial charge < -0.3 is 10.6 Å². The first-order chi connectivity index (χ1) is 6.65. The van der Waals surface area contributed by atoms with E-state index >= 15 is 0 Å². The lowest BCUT2D eigenvalue weighted by atomic mass is 10.1. The summed E-state index contributed by atoms with van der Waals surface area (Å²) in [7, 11) is 1.87. The zero-order chi connectivity index (χ0) is 10.3. The molecule has 2 atom stereocenters. The van der Waals surface area contributed by atoms with E-state index in [-0.39, 0.29) is 11.9 Å². The SMILES string of the molecule is CC1CN(C2CC2)C(CN)C(=O)N1C. The fourth-order valence-corrected chi connectivity index (χ4v) is 2.19. The summed E-state index contributed by atoms with van der Waals surface area (Å²) >= 11 is 0. The summed E-state index contributed by atoms with van der Waals surface area (Å²) in [5.74, 6) is 0.193. The van der Waals surface area contributed by atoms with E-state index in [4.69, 9.17) is 5.73 Å². The molecule has 2 unspecified atom stereocenters. The Balaban J connectivity index is 2.12. The van der Waals surface area contributed by atoms with Gasteiger partial charge in [-0.05, 0) is 19.8 Å². The molecule has 0 radical (unpaired) electrons. The molecule has 0 bridgehead atoms. The van der Waals surface area contributed by atoms with Crippen molar-refractivity contribution < 1.29 is 4.79 Å². The molecule has 14 heavy (non-hydrogen) atoms. The van der Waals surface area contributed by atoms with Crippen LogP contribution in [-0.2, 0) is 4.79 Å². The molecular formula is C10H19N3O. The summed E-state index contributed by atoms with van der Waals surface area (Å²) in [5.41, 5.74) is 5.67. The molecule has 2 aliphatic rings. The second-order valence-electron chi connectivity index (χ2n) is 4.48. The number of piperazine rings is 1. The van der Waals surface area contributed by atoms with E-state index < -0.39 is 0 Å². The predicted octanol–water partition coefficient (Wildman–Crippen LogP) is -0.361. The normalized spacial score (nSPS) is 35.1. The maximum Gasteiger partial charge on any atom is 0.241 e. The molecule has 1 aliphatic heterocycles. The van der Waals surface area contributed by atoms with Crippen LogP contribution in [0, 0.1) is 0 Å². The average molecular weight is 197 g/mol. The van der Waals surface area contributed by atoms with E-state index in [0.29, 0.717) is 18.6 Å². The summed E-state index contributed by atoms with van der Waals surface area (Å²) in [4.78, 5) is 16.0. The van der Waals surface area contributed by atoms with Crippen molar-refractivity contribution in [2.24, 2.45) is 5.73 Å². The number of likely N-dealkylation sites (N-methyl/N-ethyl adjacent to an activating group) is 1. The third kappa shape index (κ3) is 1.53. The molecule has 1 aliphatic carbocycles. The van der Waals surface area contributed by atoms with E-state index in [0.717, 1.165) is 6.54 Å². The molecule has 80 valence electrons. The van der Waals surface area contributed by atoms with Crippen LogP contribution < -0.4 is 5.73 Å². The zero-order valence-corrected chi connectivity index (χ0v) is 8.94. The molecule has 0 aromatic heterocycles. The second kappa shape index (κ2) is 3.51. The van der Waals surface area contributed by atoms with Crippen molar-refractivity contribution in [3.05, 3.63) is 0 Å². The monoisotopic (exact) mass is 197 g/mol. The van der Waals surface area contributed by atoms with Crippen molar-refractivity contribution in [1.29, 1.82) is 0 Å². The summed E-state index contributed by atoms with van der Waals surface area (Å²) < 4.78 is 0. The highest BCUT2D eigenvalue weighted by Crippen LogP contribution is 2.31.